The summed E-state index contributed by atoms with van der Waals surface area (Å²) in [4.78, 5) is 12.4. The number of carbonyl (C=O) groups excluding carboxylic acids is 1. The smallest absolute Gasteiger partial charge is 0.281 e. The van der Waals surface area contributed by atoms with Crippen molar-refractivity contribution in [1.29, 1.82) is 0 Å². The van der Waals surface area contributed by atoms with Crippen molar-refractivity contribution >= 4 is 87.2 Å². The lowest BCUT2D eigenvalue weighted by Crippen LogP contribution is -2.16. The van der Waals surface area contributed by atoms with Crippen LogP contribution in [0.3, 0.4) is 0 Å². The highest BCUT2D eigenvalue weighted by atomic mass is 79.9. The largest absolute Gasteiger partial charge is 0.506 e. The van der Waals surface area contributed by atoms with Crippen molar-refractivity contribution in [2.24, 2.45) is 5.10 Å². The summed E-state index contributed by atoms with van der Waals surface area (Å²) in [6.07, 6.45) is 1.38. The second-order valence-corrected chi connectivity index (χ2v) is 8.75. The van der Waals surface area contributed by atoms with E-state index in [1.54, 1.807) is 18.2 Å². The number of benzene rings is 1. The maximum atomic E-state index is 11.9. The Morgan fingerprint density at radius 3 is 2.52 bits per heavy atom. The van der Waals surface area contributed by atoms with Crippen molar-refractivity contribution in [1.82, 2.24) is 5.43 Å². The van der Waals surface area contributed by atoms with Gasteiger partial charge in [0.1, 0.15) is 5.75 Å². The second-order valence-electron chi connectivity index (χ2n) is 3.76. The zero-order valence-corrected chi connectivity index (χ0v) is 17.2. The third kappa shape index (κ3) is 4.38. The van der Waals surface area contributed by atoms with E-state index in [0.29, 0.717) is 14.9 Å². The Kier molecular flexibility index (Phi) is 6.01. The van der Waals surface area contributed by atoms with Crippen LogP contribution in [0.5, 0.6) is 5.75 Å². The van der Waals surface area contributed by atoms with Crippen LogP contribution in [-0.2, 0) is 0 Å². The number of nitrogens with zero attached hydrogens (tertiary/aromatic N) is 1. The molecule has 110 valence electrons. The van der Waals surface area contributed by atoms with Gasteiger partial charge in [-0.25, -0.2) is 5.43 Å². The van der Waals surface area contributed by atoms with E-state index in [0.717, 1.165) is 12.7 Å². The van der Waals surface area contributed by atoms with Crippen LogP contribution in [0, 0.1) is 0 Å². The molecule has 1 amide bonds. The van der Waals surface area contributed by atoms with Gasteiger partial charge < -0.3 is 5.11 Å². The Morgan fingerprint density at radius 1 is 1.19 bits per heavy atom. The molecule has 1 aromatic heterocycles. The van der Waals surface area contributed by atoms with Gasteiger partial charge in [-0.3, -0.25) is 4.79 Å². The molecule has 0 saturated heterocycles. The molecule has 0 radical (unpaired) electrons. The summed E-state index contributed by atoms with van der Waals surface area (Å²) in [7, 11) is 0. The fraction of sp³-hybridized carbons (Fsp3) is 0. The van der Waals surface area contributed by atoms with Crippen molar-refractivity contribution in [2.45, 2.75) is 0 Å². The van der Waals surface area contributed by atoms with Crippen LogP contribution in [-0.4, -0.2) is 17.2 Å². The molecule has 0 fully saturated rings. The molecule has 2 N–H and O–H groups in total. The number of hydrogen-bond acceptors (Lipinski definition) is 4. The average Bonchev–Trinajstić information content (AvgIpc) is 2.75. The predicted molar refractivity (Wildman–Crippen MR) is 98.3 cm³/mol. The molecule has 4 nitrogen and oxygen atoms in total. The molecular weight excluding hydrogens is 556 g/mol. The highest BCUT2D eigenvalue weighted by Gasteiger charge is 2.11. The van der Waals surface area contributed by atoms with Crippen LogP contribution < -0.4 is 5.43 Å². The lowest BCUT2D eigenvalue weighted by molar-refractivity contribution is 0.0959. The SMILES string of the molecule is O=C(N/N=C/c1cc(Br)cc(Br)c1O)c1cc(Br)c(Br)s1. The fourth-order valence-corrected chi connectivity index (χ4v) is 4.54. The summed E-state index contributed by atoms with van der Waals surface area (Å²) >= 11 is 14.5. The summed E-state index contributed by atoms with van der Waals surface area (Å²) in [6, 6.07) is 5.10. The number of halogens is 4. The number of nitrogens with one attached hydrogen (secondary N) is 1. The second kappa shape index (κ2) is 7.36. The molecule has 0 unspecified atom stereocenters. The van der Waals surface area contributed by atoms with Gasteiger partial charge in [-0.1, -0.05) is 15.9 Å². The van der Waals surface area contributed by atoms with Crippen molar-refractivity contribution in [2.75, 3.05) is 0 Å². The molecule has 2 aromatic rings. The van der Waals surface area contributed by atoms with E-state index < -0.39 is 0 Å². The third-order valence-corrected chi connectivity index (χ3v) is 6.61. The van der Waals surface area contributed by atoms with Crippen molar-refractivity contribution in [3.8, 4) is 5.75 Å². The Balaban J connectivity index is 2.11. The molecule has 0 aliphatic heterocycles. The maximum Gasteiger partial charge on any atom is 0.281 e. The van der Waals surface area contributed by atoms with Gasteiger partial charge in [0.05, 0.1) is 19.4 Å². The van der Waals surface area contributed by atoms with E-state index in [9.17, 15) is 9.90 Å². The van der Waals surface area contributed by atoms with E-state index in [-0.39, 0.29) is 11.7 Å². The van der Waals surface area contributed by atoms with Crippen molar-refractivity contribution in [3.63, 3.8) is 0 Å². The van der Waals surface area contributed by atoms with Gasteiger partial charge in [0, 0.05) is 14.5 Å². The highest BCUT2D eigenvalue weighted by Crippen LogP contribution is 2.32. The number of carbonyl (C=O) groups is 1. The normalized spacial score (nSPS) is 11.0. The van der Waals surface area contributed by atoms with Crippen LogP contribution in [0.2, 0.25) is 0 Å². The van der Waals surface area contributed by atoms with Gasteiger partial charge in [0.15, 0.2) is 0 Å². The monoisotopic (exact) mass is 558 g/mol. The van der Waals surface area contributed by atoms with Crippen LogP contribution in [0.1, 0.15) is 15.2 Å². The first kappa shape index (κ1) is 17.1. The zero-order valence-electron chi connectivity index (χ0n) is 10.0. The quantitative estimate of drug-likeness (QED) is 0.396. The van der Waals surface area contributed by atoms with E-state index in [1.165, 1.54) is 17.6 Å². The number of rotatable bonds is 3. The standard InChI is InChI=1S/C12H6Br4N2O2S/c13-6-1-5(10(19)7(14)2-6)4-17-18-12(20)9-3-8(15)11(16)21-9/h1-4,19H,(H,18,20)/b17-4+. The minimum absolute atomic E-state index is 0.0535. The van der Waals surface area contributed by atoms with E-state index in [2.05, 4.69) is 74.2 Å². The first-order valence-electron chi connectivity index (χ1n) is 5.34. The summed E-state index contributed by atoms with van der Waals surface area (Å²) in [5, 5.41) is 13.7. The molecule has 0 saturated carbocycles. The molecule has 0 aliphatic carbocycles. The summed E-state index contributed by atoms with van der Waals surface area (Å²) < 4.78 is 2.97. The Morgan fingerprint density at radius 2 is 1.90 bits per heavy atom. The lowest BCUT2D eigenvalue weighted by atomic mass is 10.2. The minimum Gasteiger partial charge on any atom is -0.506 e. The molecule has 0 atom stereocenters. The first-order chi connectivity index (χ1) is 9.88. The maximum absolute atomic E-state index is 11.9. The van der Waals surface area contributed by atoms with Gasteiger partial charge in [-0.2, -0.15) is 5.10 Å². The molecule has 1 aromatic carbocycles. The fourth-order valence-electron chi connectivity index (χ4n) is 1.36. The highest BCUT2D eigenvalue weighted by molar-refractivity contribution is 9.13. The summed E-state index contributed by atoms with van der Waals surface area (Å²) in [5.74, 6) is -0.269. The number of phenols is 1. The number of hydrogen-bond donors (Lipinski definition) is 2. The first-order valence-corrected chi connectivity index (χ1v) is 9.33. The Hall–Kier alpha value is -0.220. The molecule has 0 aliphatic rings. The van der Waals surface area contributed by atoms with Crippen molar-refractivity contribution in [3.05, 3.63) is 45.8 Å². The van der Waals surface area contributed by atoms with Gasteiger partial charge >= 0.3 is 0 Å². The minimum atomic E-state index is -0.323. The zero-order chi connectivity index (χ0) is 15.6. The third-order valence-electron chi connectivity index (χ3n) is 2.30. The average molecular weight is 562 g/mol. The number of hydrazone groups is 1. The van der Waals surface area contributed by atoms with E-state index in [1.807, 2.05) is 0 Å². The Labute approximate surface area is 158 Å². The van der Waals surface area contributed by atoms with Gasteiger partial charge in [-0.05, 0) is 66.0 Å². The summed E-state index contributed by atoms with van der Waals surface area (Å²) in [5.41, 5.74) is 2.89. The van der Waals surface area contributed by atoms with Crippen LogP contribution in [0.25, 0.3) is 0 Å². The molecule has 1 heterocycles. The molecular formula is C12H6Br4N2O2S. The topological polar surface area (TPSA) is 61.7 Å². The van der Waals surface area contributed by atoms with Gasteiger partial charge in [-0.15, -0.1) is 11.3 Å². The van der Waals surface area contributed by atoms with E-state index >= 15 is 0 Å². The molecule has 9 heteroatoms. The van der Waals surface area contributed by atoms with E-state index in [4.69, 9.17) is 0 Å². The molecule has 0 bridgehead atoms. The van der Waals surface area contributed by atoms with Gasteiger partial charge in [0.2, 0.25) is 0 Å². The van der Waals surface area contributed by atoms with Crippen LogP contribution in [0.4, 0.5) is 0 Å². The number of amides is 1. The molecule has 2 rings (SSSR count). The van der Waals surface area contributed by atoms with Gasteiger partial charge in [0.25, 0.3) is 5.91 Å². The number of phenolic OH excluding ortho intramolecular Hbond substituents is 1. The molecule has 0 spiro atoms. The Bertz CT molecular complexity index is 711. The van der Waals surface area contributed by atoms with Crippen LogP contribution in [0.15, 0.2) is 40.5 Å². The summed E-state index contributed by atoms with van der Waals surface area (Å²) in [6.45, 7) is 0. The molecule has 21 heavy (non-hydrogen) atoms. The van der Waals surface area contributed by atoms with Crippen LogP contribution >= 0.6 is 75.1 Å². The lowest BCUT2D eigenvalue weighted by Gasteiger charge is -2.02. The number of thiophene rings is 1. The number of aromatic hydroxyl groups is 1. The predicted octanol–water partition coefficient (Wildman–Crippen LogP) is 5.27. The van der Waals surface area contributed by atoms with Crippen molar-refractivity contribution < 1.29 is 9.90 Å².